The zero-order valence-electron chi connectivity index (χ0n) is 11.6. The van der Waals surface area contributed by atoms with Crippen LogP contribution in [0.25, 0.3) is 0 Å². The van der Waals surface area contributed by atoms with Crippen LogP contribution in [-0.2, 0) is 4.74 Å². The molecule has 0 aliphatic rings. The first-order valence-electron chi connectivity index (χ1n) is 6.24. The predicted octanol–water partition coefficient (Wildman–Crippen LogP) is 3.13. The van der Waals surface area contributed by atoms with Crippen molar-refractivity contribution in [1.29, 1.82) is 0 Å². The molecule has 1 aromatic rings. The molecular formula is C13H21NO3S. The van der Waals surface area contributed by atoms with Crippen LogP contribution in [0.5, 0.6) is 0 Å². The molecule has 0 aliphatic carbocycles. The Labute approximate surface area is 112 Å². The maximum atomic E-state index is 11.9. The third-order valence-corrected chi connectivity index (χ3v) is 3.89. The Kier molecular flexibility index (Phi) is 5.28. The Balaban J connectivity index is 3.16. The highest BCUT2D eigenvalue weighted by Gasteiger charge is 2.26. The summed E-state index contributed by atoms with van der Waals surface area (Å²) in [5.74, 6) is -0.145. The fraction of sp³-hybridized carbons (Fsp3) is 0.692. The second kappa shape index (κ2) is 6.29. The fourth-order valence-electron chi connectivity index (χ4n) is 1.46. The Hall–Kier alpha value is -0.940. The van der Waals surface area contributed by atoms with Gasteiger partial charge >= 0.3 is 5.97 Å². The van der Waals surface area contributed by atoms with Gasteiger partial charge < -0.3 is 9.84 Å². The maximum absolute atomic E-state index is 11.9. The minimum absolute atomic E-state index is 0.0142. The molecule has 1 heterocycles. The lowest BCUT2D eigenvalue weighted by Crippen LogP contribution is -2.12. The number of ether oxygens (including phenoxy) is 1. The molecule has 0 spiro atoms. The third kappa shape index (κ3) is 3.29. The first kappa shape index (κ1) is 15.1. The number of hydrogen-bond acceptors (Lipinski definition) is 5. The number of esters is 1. The zero-order valence-corrected chi connectivity index (χ0v) is 12.4. The van der Waals surface area contributed by atoms with E-state index in [2.05, 4.69) is 4.98 Å². The molecule has 1 aromatic heterocycles. The summed E-state index contributed by atoms with van der Waals surface area (Å²) in [7, 11) is 0. The minimum Gasteiger partial charge on any atom is -0.462 e. The van der Waals surface area contributed by atoms with E-state index in [0.717, 1.165) is 5.01 Å². The molecule has 1 N–H and O–H groups in total. The van der Waals surface area contributed by atoms with Crippen molar-refractivity contribution >= 4 is 17.3 Å². The second-order valence-electron chi connectivity index (χ2n) is 4.83. The van der Waals surface area contributed by atoms with Crippen molar-refractivity contribution < 1.29 is 14.6 Å². The van der Waals surface area contributed by atoms with Crippen LogP contribution in [0, 0.1) is 5.92 Å². The highest BCUT2D eigenvalue weighted by Crippen LogP contribution is 2.32. The molecule has 0 aliphatic heterocycles. The molecule has 1 atom stereocenters. The first-order valence-corrected chi connectivity index (χ1v) is 7.05. The lowest BCUT2D eigenvalue weighted by molar-refractivity contribution is 0.0519. The SMILES string of the molecule is CCOC(=O)c1sc(C(C)C)nc1C(O)C(C)C. The number of rotatable bonds is 5. The van der Waals surface area contributed by atoms with E-state index >= 15 is 0 Å². The minimum atomic E-state index is -0.729. The number of aliphatic hydroxyl groups is 1. The van der Waals surface area contributed by atoms with Crippen molar-refractivity contribution in [2.75, 3.05) is 6.61 Å². The van der Waals surface area contributed by atoms with Crippen LogP contribution in [0.1, 0.15) is 67.0 Å². The number of aliphatic hydroxyl groups excluding tert-OH is 1. The Morgan fingerprint density at radius 1 is 1.39 bits per heavy atom. The van der Waals surface area contributed by atoms with Gasteiger partial charge in [0, 0.05) is 5.92 Å². The molecule has 0 amide bonds. The molecule has 0 fully saturated rings. The van der Waals surface area contributed by atoms with Gasteiger partial charge in [0.25, 0.3) is 0 Å². The summed E-state index contributed by atoms with van der Waals surface area (Å²) < 4.78 is 5.01. The summed E-state index contributed by atoms with van der Waals surface area (Å²) in [6, 6.07) is 0. The monoisotopic (exact) mass is 271 g/mol. The van der Waals surface area contributed by atoms with Crippen molar-refractivity contribution in [2.24, 2.45) is 5.92 Å². The van der Waals surface area contributed by atoms with Crippen molar-refractivity contribution in [1.82, 2.24) is 4.98 Å². The molecule has 4 nitrogen and oxygen atoms in total. The summed E-state index contributed by atoms with van der Waals surface area (Å²) in [5.41, 5.74) is 0.456. The van der Waals surface area contributed by atoms with Crippen molar-refractivity contribution in [3.8, 4) is 0 Å². The highest BCUT2D eigenvalue weighted by atomic mass is 32.1. The van der Waals surface area contributed by atoms with E-state index in [4.69, 9.17) is 4.74 Å². The van der Waals surface area contributed by atoms with Crippen LogP contribution in [0.3, 0.4) is 0 Å². The van der Waals surface area contributed by atoms with Gasteiger partial charge in [-0.2, -0.15) is 0 Å². The lowest BCUT2D eigenvalue weighted by atomic mass is 10.0. The van der Waals surface area contributed by atoms with Crippen LogP contribution in [-0.4, -0.2) is 22.7 Å². The van der Waals surface area contributed by atoms with Gasteiger partial charge in [0.2, 0.25) is 0 Å². The van der Waals surface area contributed by atoms with E-state index in [0.29, 0.717) is 17.2 Å². The smallest absolute Gasteiger partial charge is 0.350 e. The molecule has 0 saturated carbocycles. The van der Waals surface area contributed by atoms with Gasteiger partial charge in [0.1, 0.15) is 4.88 Å². The molecule has 18 heavy (non-hydrogen) atoms. The Morgan fingerprint density at radius 3 is 2.44 bits per heavy atom. The average molecular weight is 271 g/mol. The maximum Gasteiger partial charge on any atom is 0.350 e. The van der Waals surface area contributed by atoms with Gasteiger partial charge in [0.15, 0.2) is 0 Å². The van der Waals surface area contributed by atoms with E-state index < -0.39 is 12.1 Å². The molecule has 0 aromatic carbocycles. The van der Waals surface area contributed by atoms with E-state index in [-0.39, 0.29) is 11.8 Å². The Morgan fingerprint density at radius 2 is 2.00 bits per heavy atom. The quantitative estimate of drug-likeness (QED) is 0.836. The van der Waals surface area contributed by atoms with Crippen LogP contribution >= 0.6 is 11.3 Å². The fourth-order valence-corrected chi connectivity index (χ4v) is 2.46. The standard InChI is InChI=1S/C13H21NO3S/c1-6-17-13(16)11-9(10(15)7(2)3)14-12(18-11)8(4)5/h7-8,10,15H,6H2,1-5H3. The van der Waals surface area contributed by atoms with Gasteiger partial charge in [-0.1, -0.05) is 27.7 Å². The number of thiazole rings is 1. The van der Waals surface area contributed by atoms with Gasteiger partial charge in [-0.05, 0) is 12.8 Å². The summed E-state index contributed by atoms with van der Waals surface area (Å²) in [6.45, 7) is 9.91. The van der Waals surface area contributed by atoms with Crippen LogP contribution in [0.2, 0.25) is 0 Å². The largest absolute Gasteiger partial charge is 0.462 e. The molecule has 0 bridgehead atoms. The molecule has 102 valence electrons. The van der Waals surface area contributed by atoms with Crippen molar-refractivity contribution in [3.05, 3.63) is 15.6 Å². The summed E-state index contributed by atoms with van der Waals surface area (Å²) in [5, 5.41) is 11.0. The summed E-state index contributed by atoms with van der Waals surface area (Å²) in [4.78, 5) is 16.7. The number of aromatic nitrogens is 1. The van der Waals surface area contributed by atoms with Gasteiger partial charge in [-0.3, -0.25) is 0 Å². The zero-order chi connectivity index (χ0) is 13.9. The van der Waals surface area contributed by atoms with E-state index in [1.165, 1.54) is 11.3 Å². The molecule has 1 unspecified atom stereocenters. The second-order valence-corrected chi connectivity index (χ2v) is 5.86. The Bertz CT molecular complexity index is 412. The number of nitrogens with zero attached hydrogens (tertiary/aromatic N) is 1. The summed E-state index contributed by atoms with van der Waals surface area (Å²) >= 11 is 1.32. The topological polar surface area (TPSA) is 59.4 Å². The molecule has 0 radical (unpaired) electrons. The first-order chi connectivity index (χ1) is 8.38. The molecular weight excluding hydrogens is 250 g/mol. The number of carbonyl (C=O) groups is 1. The van der Waals surface area contributed by atoms with Gasteiger partial charge in [0.05, 0.1) is 23.4 Å². The molecule has 1 rings (SSSR count). The number of hydrogen-bond donors (Lipinski definition) is 1. The third-order valence-electron chi connectivity index (χ3n) is 2.54. The highest BCUT2D eigenvalue weighted by molar-refractivity contribution is 7.13. The van der Waals surface area contributed by atoms with E-state index in [1.807, 2.05) is 27.7 Å². The van der Waals surface area contributed by atoms with Crippen LogP contribution in [0.4, 0.5) is 0 Å². The average Bonchev–Trinajstić information content (AvgIpc) is 2.72. The molecule has 5 heteroatoms. The van der Waals surface area contributed by atoms with Crippen LogP contribution < -0.4 is 0 Å². The lowest BCUT2D eigenvalue weighted by Gasteiger charge is -2.13. The van der Waals surface area contributed by atoms with Crippen molar-refractivity contribution in [2.45, 2.75) is 46.6 Å². The normalized spacial score (nSPS) is 13.1. The van der Waals surface area contributed by atoms with Crippen molar-refractivity contribution in [3.63, 3.8) is 0 Å². The predicted molar refractivity (Wildman–Crippen MR) is 72.0 cm³/mol. The van der Waals surface area contributed by atoms with E-state index in [9.17, 15) is 9.90 Å². The number of carbonyl (C=O) groups excluding carboxylic acids is 1. The molecule has 0 saturated heterocycles. The summed E-state index contributed by atoms with van der Waals surface area (Å²) in [6.07, 6.45) is -0.729. The van der Waals surface area contributed by atoms with E-state index in [1.54, 1.807) is 6.92 Å². The van der Waals surface area contributed by atoms with Crippen LogP contribution in [0.15, 0.2) is 0 Å². The van der Waals surface area contributed by atoms with Gasteiger partial charge in [-0.15, -0.1) is 11.3 Å². The van der Waals surface area contributed by atoms with Gasteiger partial charge in [-0.25, -0.2) is 9.78 Å².